The molecule has 0 aliphatic heterocycles. The van der Waals surface area contributed by atoms with Crippen molar-refractivity contribution in [2.75, 3.05) is 7.11 Å². The van der Waals surface area contributed by atoms with Crippen LogP contribution >= 0.6 is 22.7 Å². The van der Waals surface area contributed by atoms with Gasteiger partial charge in [0.05, 0.1) is 34.1 Å². The lowest BCUT2D eigenvalue weighted by Gasteiger charge is -2.03. The fourth-order valence-corrected chi connectivity index (χ4v) is 5.48. The van der Waals surface area contributed by atoms with Gasteiger partial charge in [-0.2, -0.15) is 0 Å². The van der Waals surface area contributed by atoms with Crippen molar-refractivity contribution in [3.63, 3.8) is 0 Å². The smallest absolute Gasteiger partial charge is 0.173 e. The molecule has 0 amide bonds. The zero-order valence-electron chi connectivity index (χ0n) is 15.3. The molecule has 0 aliphatic rings. The lowest BCUT2D eigenvalue weighted by Crippen LogP contribution is -1.86. The first-order valence-corrected chi connectivity index (χ1v) is 10.7. The van der Waals surface area contributed by atoms with Gasteiger partial charge in [0.1, 0.15) is 5.82 Å². The van der Waals surface area contributed by atoms with E-state index in [-0.39, 0.29) is 0 Å². The van der Waals surface area contributed by atoms with Crippen molar-refractivity contribution in [2.45, 2.75) is 0 Å². The number of benzene rings is 1. The number of nitrogens with one attached hydrogen (secondary N) is 1. The summed E-state index contributed by atoms with van der Waals surface area (Å²) in [5, 5.41) is 2.96. The molecule has 140 valence electrons. The van der Waals surface area contributed by atoms with E-state index in [2.05, 4.69) is 45.3 Å². The molecule has 29 heavy (non-hydrogen) atoms. The zero-order valence-corrected chi connectivity index (χ0v) is 17.0. The fourth-order valence-electron chi connectivity index (χ4n) is 3.62. The van der Waals surface area contributed by atoms with Gasteiger partial charge in [-0.25, -0.2) is 4.98 Å². The summed E-state index contributed by atoms with van der Waals surface area (Å²) < 4.78 is 5.32. The molecule has 5 aromatic heterocycles. The van der Waals surface area contributed by atoms with Gasteiger partial charge in [0.2, 0.25) is 0 Å². The second-order valence-corrected chi connectivity index (χ2v) is 8.72. The van der Waals surface area contributed by atoms with Crippen molar-refractivity contribution in [3.05, 3.63) is 60.9 Å². The number of imidazole rings is 1. The second kappa shape index (κ2) is 6.37. The number of H-pyrrole nitrogens is 1. The molecule has 0 atom stereocenters. The van der Waals surface area contributed by atoms with Crippen LogP contribution in [-0.4, -0.2) is 27.0 Å². The maximum absolute atomic E-state index is 5.32. The highest BCUT2D eigenvalue weighted by Crippen LogP contribution is 2.40. The number of ether oxygens (including phenoxy) is 1. The number of aromatic nitrogens is 4. The summed E-state index contributed by atoms with van der Waals surface area (Å²) in [6, 6.07) is 16.4. The molecule has 0 spiro atoms. The topological polar surface area (TPSA) is 63.7 Å². The van der Waals surface area contributed by atoms with Crippen LogP contribution in [0.1, 0.15) is 0 Å². The average molecular weight is 415 g/mol. The molecule has 0 fully saturated rings. The highest BCUT2D eigenvalue weighted by Gasteiger charge is 2.16. The van der Waals surface area contributed by atoms with Crippen molar-refractivity contribution in [1.29, 1.82) is 0 Å². The van der Waals surface area contributed by atoms with Crippen molar-refractivity contribution < 1.29 is 4.74 Å². The number of pyridine rings is 2. The van der Waals surface area contributed by atoms with Crippen LogP contribution < -0.4 is 4.74 Å². The maximum Gasteiger partial charge on any atom is 0.173 e. The van der Waals surface area contributed by atoms with Gasteiger partial charge < -0.3 is 9.72 Å². The Bertz CT molecular complexity index is 1440. The first-order chi connectivity index (χ1) is 14.3. The molecule has 1 aromatic carbocycles. The summed E-state index contributed by atoms with van der Waals surface area (Å²) in [5.74, 6) is 0.862. The molecule has 0 bridgehead atoms. The standard InChI is InChI=1S/C22H14N4OS2/c1-27-17-9-8-15(29-17)14-6-7-16(28-14)22-25-20-12-4-2-10-23-18(12)19-13(21(20)26-22)5-3-11-24-19/h2-11H,1H3,(H,25,26). The molecule has 0 radical (unpaired) electrons. The van der Waals surface area contributed by atoms with E-state index in [1.165, 1.54) is 9.75 Å². The number of aromatic amines is 1. The minimum atomic E-state index is 0.862. The van der Waals surface area contributed by atoms with Crippen LogP contribution in [-0.2, 0) is 0 Å². The molecule has 1 N–H and O–H groups in total. The van der Waals surface area contributed by atoms with E-state index in [1.54, 1.807) is 42.2 Å². The first kappa shape index (κ1) is 16.6. The SMILES string of the molecule is COc1ccc(-c2ccc(-c3nc4c5cccnc5c5ncccc5c4[nH]3)s2)s1. The van der Waals surface area contributed by atoms with Crippen LogP contribution in [0, 0.1) is 0 Å². The van der Waals surface area contributed by atoms with Gasteiger partial charge in [-0.05, 0) is 48.5 Å². The number of hydrogen-bond acceptors (Lipinski definition) is 6. The molecule has 7 heteroatoms. The van der Waals surface area contributed by atoms with Gasteiger partial charge in [-0.3, -0.25) is 9.97 Å². The number of fused-ring (bicyclic) bond motifs is 6. The Morgan fingerprint density at radius 2 is 1.45 bits per heavy atom. The Hall–Kier alpha value is -3.29. The quantitative estimate of drug-likeness (QED) is 0.354. The van der Waals surface area contributed by atoms with Gasteiger partial charge in [-0.15, -0.1) is 11.3 Å². The summed E-state index contributed by atoms with van der Waals surface area (Å²) in [6.45, 7) is 0. The molecule has 5 heterocycles. The fraction of sp³-hybridized carbons (Fsp3) is 0.0455. The van der Waals surface area contributed by atoms with Crippen molar-refractivity contribution >= 4 is 55.5 Å². The molecule has 6 aromatic rings. The zero-order chi connectivity index (χ0) is 19.4. The third-order valence-electron chi connectivity index (χ3n) is 4.93. The second-order valence-electron chi connectivity index (χ2n) is 6.59. The first-order valence-electron chi connectivity index (χ1n) is 9.07. The highest BCUT2D eigenvalue weighted by molar-refractivity contribution is 7.24. The normalized spacial score (nSPS) is 11.6. The average Bonchev–Trinajstić information content (AvgIpc) is 3.52. The molecule has 0 saturated heterocycles. The Kier molecular flexibility index (Phi) is 3.65. The van der Waals surface area contributed by atoms with E-state index >= 15 is 0 Å². The summed E-state index contributed by atoms with van der Waals surface area (Å²) in [7, 11) is 1.70. The predicted molar refractivity (Wildman–Crippen MR) is 120 cm³/mol. The minimum absolute atomic E-state index is 0.862. The van der Waals surface area contributed by atoms with Crippen molar-refractivity contribution in [1.82, 2.24) is 19.9 Å². The van der Waals surface area contributed by atoms with Crippen LogP contribution in [0.5, 0.6) is 5.06 Å². The van der Waals surface area contributed by atoms with E-state index in [1.807, 2.05) is 18.2 Å². The number of methoxy groups -OCH3 is 1. The Labute approximate surface area is 173 Å². The Balaban J connectivity index is 1.56. The predicted octanol–water partition coefficient (Wildman–Crippen LogP) is 6.12. The number of rotatable bonds is 3. The Morgan fingerprint density at radius 3 is 2.24 bits per heavy atom. The van der Waals surface area contributed by atoms with Gasteiger partial charge in [-0.1, -0.05) is 11.3 Å². The summed E-state index contributed by atoms with van der Waals surface area (Å²) in [5.41, 5.74) is 3.70. The molecule has 0 unspecified atom stereocenters. The van der Waals surface area contributed by atoms with Crippen LogP contribution in [0.2, 0.25) is 0 Å². The molecular formula is C22H14N4OS2. The van der Waals surface area contributed by atoms with Crippen LogP contribution in [0.3, 0.4) is 0 Å². The number of nitrogens with zero attached hydrogens (tertiary/aromatic N) is 3. The summed E-state index contributed by atoms with van der Waals surface area (Å²) in [6.07, 6.45) is 3.61. The third-order valence-corrected chi connectivity index (χ3v) is 7.27. The van der Waals surface area contributed by atoms with E-state index in [9.17, 15) is 0 Å². The number of thiophene rings is 2. The van der Waals surface area contributed by atoms with Gasteiger partial charge >= 0.3 is 0 Å². The molecular weight excluding hydrogens is 400 g/mol. The largest absolute Gasteiger partial charge is 0.487 e. The van der Waals surface area contributed by atoms with Crippen LogP contribution in [0.25, 0.3) is 53.3 Å². The monoisotopic (exact) mass is 414 g/mol. The van der Waals surface area contributed by atoms with Gasteiger partial charge in [0, 0.05) is 32.9 Å². The van der Waals surface area contributed by atoms with E-state index in [4.69, 9.17) is 9.72 Å². The van der Waals surface area contributed by atoms with E-state index in [0.717, 1.165) is 48.6 Å². The molecule has 0 saturated carbocycles. The van der Waals surface area contributed by atoms with Gasteiger partial charge in [0.15, 0.2) is 5.06 Å². The Morgan fingerprint density at radius 1 is 0.759 bits per heavy atom. The lowest BCUT2D eigenvalue weighted by molar-refractivity contribution is 0.427. The van der Waals surface area contributed by atoms with Crippen LogP contribution in [0.4, 0.5) is 0 Å². The van der Waals surface area contributed by atoms with E-state index in [0.29, 0.717) is 0 Å². The molecule has 6 rings (SSSR count). The number of hydrogen-bond donors (Lipinski definition) is 1. The van der Waals surface area contributed by atoms with E-state index < -0.39 is 0 Å². The highest BCUT2D eigenvalue weighted by atomic mass is 32.1. The van der Waals surface area contributed by atoms with Crippen molar-refractivity contribution in [2.24, 2.45) is 0 Å². The maximum atomic E-state index is 5.32. The van der Waals surface area contributed by atoms with Gasteiger partial charge in [0.25, 0.3) is 0 Å². The van der Waals surface area contributed by atoms with Crippen LogP contribution in [0.15, 0.2) is 60.9 Å². The van der Waals surface area contributed by atoms with Crippen molar-refractivity contribution in [3.8, 4) is 25.5 Å². The lowest BCUT2D eigenvalue weighted by atomic mass is 10.1. The molecule has 0 aliphatic carbocycles. The minimum Gasteiger partial charge on any atom is -0.487 e. The summed E-state index contributed by atoms with van der Waals surface area (Å²) >= 11 is 3.36. The molecule has 5 nitrogen and oxygen atoms in total. The summed E-state index contributed by atoms with van der Waals surface area (Å²) in [4.78, 5) is 21.1. The third kappa shape index (κ3) is 2.55.